The number of fused-ring (bicyclic) bond motifs is 2. The van der Waals surface area contributed by atoms with Crippen LogP contribution in [0.1, 0.15) is 58.1 Å². The third-order valence-electron chi connectivity index (χ3n) is 6.90. The van der Waals surface area contributed by atoms with E-state index < -0.39 is 0 Å². The van der Waals surface area contributed by atoms with Crippen LogP contribution in [0.25, 0.3) is 5.65 Å². The lowest BCUT2D eigenvalue weighted by molar-refractivity contribution is 0.0952. The molecule has 3 heterocycles. The van der Waals surface area contributed by atoms with Crippen molar-refractivity contribution in [1.82, 2.24) is 24.4 Å². The molecule has 2 aromatic heterocycles. The average Bonchev–Trinajstić information content (AvgIpc) is 3.32. The van der Waals surface area contributed by atoms with Crippen molar-refractivity contribution in [3.8, 4) is 0 Å². The SMILES string of the molecule is CC(C)c1ccc(CNC(=O)c2cnn3c(=O)c4c(n(C)c23)CCN(Cc2ccccc2)C4)cc1. The summed E-state index contributed by atoms with van der Waals surface area (Å²) in [5.74, 6) is 0.236. The van der Waals surface area contributed by atoms with Crippen molar-refractivity contribution in [3.63, 3.8) is 0 Å². The van der Waals surface area contributed by atoms with E-state index in [4.69, 9.17) is 0 Å². The summed E-state index contributed by atoms with van der Waals surface area (Å²) in [5.41, 5.74) is 6.07. The Labute approximate surface area is 205 Å². The summed E-state index contributed by atoms with van der Waals surface area (Å²) in [6.45, 7) is 6.96. The monoisotopic (exact) mass is 469 g/mol. The van der Waals surface area contributed by atoms with Gasteiger partial charge in [0.1, 0.15) is 5.56 Å². The van der Waals surface area contributed by atoms with Crippen molar-refractivity contribution in [2.24, 2.45) is 7.05 Å². The normalized spacial score (nSPS) is 13.8. The first kappa shape index (κ1) is 23.1. The Morgan fingerprint density at radius 3 is 2.51 bits per heavy atom. The Morgan fingerprint density at radius 1 is 1.06 bits per heavy atom. The Bertz CT molecular complexity index is 1420. The maximum absolute atomic E-state index is 13.4. The van der Waals surface area contributed by atoms with Crippen molar-refractivity contribution >= 4 is 11.6 Å². The molecule has 0 radical (unpaired) electrons. The fraction of sp³-hybridized carbons (Fsp3) is 0.321. The number of aryl methyl sites for hydroxylation is 1. The van der Waals surface area contributed by atoms with Crippen molar-refractivity contribution < 1.29 is 4.79 Å². The zero-order valence-corrected chi connectivity index (χ0v) is 20.5. The van der Waals surface area contributed by atoms with Crippen LogP contribution in [-0.2, 0) is 33.1 Å². The number of rotatable bonds is 6. The Kier molecular flexibility index (Phi) is 6.26. The molecule has 2 aromatic carbocycles. The molecule has 1 amide bonds. The van der Waals surface area contributed by atoms with Gasteiger partial charge in [-0.1, -0.05) is 68.4 Å². The Hall–Kier alpha value is -3.71. The molecule has 0 atom stereocenters. The van der Waals surface area contributed by atoms with E-state index in [2.05, 4.69) is 53.4 Å². The van der Waals surface area contributed by atoms with Crippen LogP contribution in [0.15, 0.2) is 65.6 Å². The highest BCUT2D eigenvalue weighted by Crippen LogP contribution is 2.21. The number of carbonyl (C=O) groups excluding carboxylic acids is 1. The summed E-state index contributed by atoms with van der Waals surface area (Å²) in [5, 5.41) is 7.29. The average molecular weight is 470 g/mol. The molecule has 1 aliphatic heterocycles. The van der Waals surface area contributed by atoms with Crippen LogP contribution in [0.5, 0.6) is 0 Å². The fourth-order valence-corrected chi connectivity index (χ4v) is 4.87. The van der Waals surface area contributed by atoms with E-state index in [0.29, 0.717) is 30.2 Å². The van der Waals surface area contributed by atoms with Crippen LogP contribution < -0.4 is 10.9 Å². The molecule has 7 heteroatoms. The van der Waals surface area contributed by atoms with Gasteiger partial charge in [-0.05, 0) is 22.6 Å². The molecular weight excluding hydrogens is 438 g/mol. The first-order valence-corrected chi connectivity index (χ1v) is 12.1. The number of aromatic nitrogens is 3. The molecule has 7 nitrogen and oxygen atoms in total. The van der Waals surface area contributed by atoms with Gasteiger partial charge in [0, 0.05) is 45.3 Å². The summed E-state index contributed by atoms with van der Waals surface area (Å²) in [6.07, 6.45) is 2.25. The summed E-state index contributed by atoms with van der Waals surface area (Å²) in [6, 6.07) is 18.6. The second kappa shape index (κ2) is 9.50. The number of nitrogens with one attached hydrogen (secondary N) is 1. The molecule has 0 unspecified atom stereocenters. The van der Waals surface area contributed by atoms with Crippen molar-refractivity contribution in [3.05, 3.63) is 105 Å². The predicted molar refractivity (Wildman–Crippen MR) is 136 cm³/mol. The number of amides is 1. The lowest BCUT2D eigenvalue weighted by Crippen LogP contribution is -2.38. The molecule has 0 spiro atoms. The van der Waals surface area contributed by atoms with E-state index in [-0.39, 0.29) is 11.5 Å². The van der Waals surface area contributed by atoms with Gasteiger partial charge in [-0.3, -0.25) is 14.5 Å². The quantitative estimate of drug-likeness (QED) is 0.468. The van der Waals surface area contributed by atoms with Crippen molar-refractivity contribution in [2.45, 2.75) is 45.8 Å². The maximum Gasteiger partial charge on any atom is 0.279 e. The van der Waals surface area contributed by atoms with E-state index >= 15 is 0 Å². The van der Waals surface area contributed by atoms with Gasteiger partial charge in [0.2, 0.25) is 0 Å². The van der Waals surface area contributed by atoms with Crippen LogP contribution in [-0.4, -0.2) is 31.5 Å². The van der Waals surface area contributed by atoms with Crippen LogP contribution in [0.3, 0.4) is 0 Å². The van der Waals surface area contributed by atoms with Gasteiger partial charge in [-0.15, -0.1) is 0 Å². The zero-order valence-electron chi connectivity index (χ0n) is 20.5. The van der Waals surface area contributed by atoms with Gasteiger partial charge in [0.05, 0.1) is 11.8 Å². The molecule has 0 aliphatic carbocycles. The molecular formula is C28H31N5O2. The first-order chi connectivity index (χ1) is 16.9. The van der Waals surface area contributed by atoms with Crippen molar-refractivity contribution in [2.75, 3.05) is 6.54 Å². The third kappa shape index (κ3) is 4.51. The minimum atomic E-state index is -0.232. The molecule has 0 saturated heterocycles. The number of hydrogen-bond donors (Lipinski definition) is 1. The largest absolute Gasteiger partial charge is 0.348 e. The second-order valence-electron chi connectivity index (χ2n) is 9.61. The lowest BCUT2D eigenvalue weighted by atomic mass is 10.0. The molecule has 0 saturated carbocycles. The van der Waals surface area contributed by atoms with Gasteiger partial charge >= 0.3 is 0 Å². The van der Waals surface area contributed by atoms with Gasteiger partial charge in [-0.2, -0.15) is 9.61 Å². The highest BCUT2D eigenvalue weighted by molar-refractivity contribution is 5.99. The number of hydrogen-bond acceptors (Lipinski definition) is 4. The maximum atomic E-state index is 13.4. The third-order valence-corrected chi connectivity index (χ3v) is 6.90. The number of benzene rings is 2. The summed E-state index contributed by atoms with van der Waals surface area (Å²) >= 11 is 0. The van der Waals surface area contributed by atoms with Gasteiger partial charge in [-0.25, -0.2) is 0 Å². The minimum absolute atomic E-state index is 0.144. The molecule has 5 rings (SSSR count). The Balaban J connectivity index is 1.37. The molecule has 180 valence electrons. The molecule has 1 N–H and O–H groups in total. The summed E-state index contributed by atoms with van der Waals surface area (Å²) in [4.78, 5) is 28.7. The van der Waals surface area contributed by atoms with Crippen molar-refractivity contribution in [1.29, 1.82) is 0 Å². The van der Waals surface area contributed by atoms with E-state index in [1.165, 1.54) is 21.8 Å². The molecule has 35 heavy (non-hydrogen) atoms. The van der Waals surface area contributed by atoms with Crippen LogP contribution >= 0.6 is 0 Å². The van der Waals surface area contributed by atoms with Crippen LogP contribution in [0.4, 0.5) is 0 Å². The van der Waals surface area contributed by atoms with Crippen LogP contribution in [0, 0.1) is 0 Å². The van der Waals surface area contributed by atoms with Gasteiger partial charge in [0.15, 0.2) is 5.65 Å². The van der Waals surface area contributed by atoms with E-state index in [0.717, 1.165) is 36.3 Å². The second-order valence-corrected chi connectivity index (χ2v) is 9.61. The summed E-state index contributed by atoms with van der Waals surface area (Å²) in [7, 11) is 1.92. The predicted octanol–water partition coefficient (Wildman–Crippen LogP) is 3.64. The highest BCUT2D eigenvalue weighted by atomic mass is 16.2. The molecule has 4 aromatic rings. The van der Waals surface area contributed by atoms with E-state index in [9.17, 15) is 9.59 Å². The molecule has 0 fully saturated rings. The topological polar surface area (TPSA) is 71.6 Å². The smallest absolute Gasteiger partial charge is 0.279 e. The number of nitrogens with zero attached hydrogens (tertiary/aromatic N) is 4. The molecule has 0 bridgehead atoms. The van der Waals surface area contributed by atoms with Gasteiger partial charge in [0.25, 0.3) is 11.5 Å². The van der Waals surface area contributed by atoms with Crippen LogP contribution in [0.2, 0.25) is 0 Å². The lowest BCUT2D eigenvalue weighted by Gasteiger charge is -2.29. The fourth-order valence-electron chi connectivity index (χ4n) is 4.87. The van der Waals surface area contributed by atoms with E-state index in [1.54, 1.807) is 0 Å². The van der Waals surface area contributed by atoms with E-state index in [1.807, 2.05) is 41.9 Å². The molecule has 1 aliphatic rings. The number of carbonyl (C=O) groups is 1. The zero-order chi connectivity index (χ0) is 24.5. The summed E-state index contributed by atoms with van der Waals surface area (Å²) < 4.78 is 3.34. The highest BCUT2D eigenvalue weighted by Gasteiger charge is 2.26. The standard InChI is InChI=1S/C28H31N5O2/c1-19(2)22-11-9-20(10-12-22)15-29-26(34)23-16-30-33-27(23)31(3)25-13-14-32(18-24(25)28(33)35)17-21-7-5-4-6-8-21/h4-12,16,19H,13-15,17-18H2,1-3H3,(H,29,34). The Morgan fingerprint density at radius 2 is 1.80 bits per heavy atom. The van der Waals surface area contributed by atoms with Gasteiger partial charge < -0.3 is 9.88 Å². The minimum Gasteiger partial charge on any atom is -0.348 e. The first-order valence-electron chi connectivity index (χ1n) is 12.1.